The number of anilines is 1. The predicted octanol–water partition coefficient (Wildman–Crippen LogP) is 1.03. The second kappa shape index (κ2) is 8.28. The monoisotopic (exact) mass is 329 g/mol. The first-order chi connectivity index (χ1) is 11.8. The summed E-state index contributed by atoms with van der Waals surface area (Å²) < 4.78 is 1.86. The Morgan fingerprint density at radius 1 is 1.25 bits per heavy atom. The minimum Gasteiger partial charge on any atom is -0.339 e. The first kappa shape index (κ1) is 16.2. The molecule has 0 aliphatic carbocycles. The van der Waals surface area contributed by atoms with Gasteiger partial charge in [0.1, 0.15) is 0 Å². The van der Waals surface area contributed by atoms with Gasteiger partial charge in [0.15, 0.2) is 0 Å². The molecule has 24 heavy (non-hydrogen) atoms. The molecule has 1 fully saturated rings. The van der Waals surface area contributed by atoms with Gasteiger partial charge in [-0.1, -0.05) is 0 Å². The molecule has 2 aromatic heterocycles. The highest BCUT2D eigenvalue weighted by Crippen LogP contribution is 2.15. The smallest absolute Gasteiger partial charge is 0.315 e. The molecule has 0 saturated carbocycles. The number of aromatic nitrogens is 4. The number of hydrogen-bond acceptors (Lipinski definition) is 5. The van der Waals surface area contributed by atoms with E-state index in [1.165, 1.54) is 0 Å². The van der Waals surface area contributed by atoms with Crippen molar-refractivity contribution in [1.82, 2.24) is 30.4 Å². The van der Waals surface area contributed by atoms with Crippen molar-refractivity contribution in [2.75, 3.05) is 24.5 Å². The van der Waals surface area contributed by atoms with E-state index in [0.29, 0.717) is 6.54 Å². The van der Waals surface area contributed by atoms with Crippen LogP contribution in [-0.4, -0.2) is 51.5 Å². The highest BCUT2D eigenvalue weighted by Gasteiger charge is 2.22. The summed E-state index contributed by atoms with van der Waals surface area (Å²) in [5.41, 5.74) is 0. The number of nitrogens with zero attached hydrogens (tertiary/aromatic N) is 5. The Morgan fingerprint density at radius 2 is 2.12 bits per heavy atom. The highest BCUT2D eigenvalue weighted by molar-refractivity contribution is 5.74. The summed E-state index contributed by atoms with van der Waals surface area (Å²) in [6, 6.07) is 3.70. The van der Waals surface area contributed by atoms with Crippen molar-refractivity contribution in [1.29, 1.82) is 0 Å². The summed E-state index contributed by atoms with van der Waals surface area (Å²) in [5, 5.41) is 10.1. The van der Waals surface area contributed by atoms with Crippen molar-refractivity contribution in [3.63, 3.8) is 0 Å². The summed E-state index contributed by atoms with van der Waals surface area (Å²) in [6.45, 7) is 3.10. The van der Waals surface area contributed by atoms with Crippen molar-refractivity contribution < 1.29 is 4.79 Å². The van der Waals surface area contributed by atoms with E-state index < -0.39 is 0 Å². The normalized spacial score (nSPS) is 17.5. The molecule has 3 heterocycles. The maximum absolute atomic E-state index is 12.0. The lowest BCUT2D eigenvalue weighted by atomic mass is 10.1. The Balaban J connectivity index is 1.38. The molecule has 0 aromatic carbocycles. The lowest BCUT2D eigenvalue weighted by Crippen LogP contribution is -2.51. The third kappa shape index (κ3) is 4.68. The van der Waals surface area contributed by atoms with E-state index in [4.69, 9.17) is 0 Å². The van der Waals surface area contributed by atoms with Gasteiger partial charge in [-0.2, -0.15) is 5.10 Å². The van der Waals surface area contributed by atoms with Crippen LogP contribution in [0.25, 0.3) is 0 Å². The van der Waals surface area contributed by atoms with Crippen LogP contribution >= 0.6 is 0 Å². The Bertz CT molecular complexity index is 617. The number of rotatable bonds is 6. The number of aryl methyl sites for hydroxylation is 1. The zero-order valence-corrected chi connectivity index (χ0v) is 13.6. The molecule has 0 unspecified atom stereocenters. The molecule has 2 aromatic rings. The Morgan fingerprint density at radius 3 is 2.92 bits per heavy atom. The third-order valence-corrected chi connectivity index (χ3v) is 4.00. The Labute approximate surface area is 141 Å². The van der Waals surface area contributed by atoms with Gasteiger partial charge < -0.3 is 15.5 Å². The molecular weight excluding hydrogens is 306 g/mol. The van der Waals surface area contributed by atoms with E-state index in [1.54, 1.807) is 24.7 Å². The van der Waals surface area contributed by atoms with Gasteiger partial charge in [0.25, 0.3) is 0 Å². The molecule has 3 rings (SSSR count). The molecule has 2 N–H and O–H groups in total. The van der Waals surface area contributed by atoms with Gasteiger partial charge in [-0.15, -0.1) is 0 Å². The second-order valence-corrected chi connectivity index (χ2v) is 5.86. The van der Waals surface area contributed by atoms with Crippen molar-refractivity contribution >= 4 is 12.0 Å². The number of nitrogens with one attached hydrogen (secondary N) is 2. The number of piperidine rings is 1. The molecule has 0 bridgehead atoms. The molecule has 0 spiro atoms. The molecule has 8 heteroatoms. The fourth-order valence-electron chi connectivity index (χ4n) is 2.84. The average molecular weight is 329 g/mol. The number of amides is 2. The first-order valence-corrected chi connectivity index (χ1v) is 8.35. The van der Waals surface area contributed by atoms with E-state index >= 15 is 0 Å². The van der Waals surface area contributed by atoms with Crippen LogP contribution in [0.15, 0.2) is 36.9 Å². The fourth-order valence-corrected chi connectivity index (χ4v) is 2.84. The van der Waals surface area contributed by atoms with Gasteiger partial charge in [-0.05, 0) is 31.4 Å². The minimum absolute atomic E-state index is 0.115. The van der Waals surface area contributed by atoms with E-state index in [-0.39, 0.29) is 12.1 Å². The molecule has 2 amide bonds. The predicted molar refractivity (Wildman–Crippen MR) is 90.6 cm³/mol. The number of hydrogen-bond donors (Lipinski definition) is 2. The molecule has 1 saturated heterocycles. The molecule has 1 atom stereocenters. The summed E-state index contributed by atoms with van der Waals surface area (Å²) in [6.07, 6.45) is 10.0. The molecule has 0 radical (unpaired) electrons. The zero-order chi connectivity index (χ0) is 16.6. The zero-order valence-electron chi connectivity index (χ0n) is 13.6. The largest absolute Gasteiger partial charge is 0.339 e. The number of carbonyl (C=O) groups excluding carboxylic acids is 1. The van der Waals surface area contributed by atoms with Crippen LogP contribution in [0.1, 0.15) is 19.3 Å². The van der Waals surface area contributed by atoms with Gasteiger partial charge in [0.2, 0.25) is 5.95 Å². The SMILES string of the molecule is O=C(NCCCn1cccn1)N[C@H]1CCCN(c2ncccn2)C1. The third-order valence-electron chi connectivity index (χ3n) is 4.00. The van der Waals surface area contributed by atoms with Gasteiger partial charge in [0.05, 0.1) is 0 Å². The van der Waals surface area contributed by atoms with E-state index in [2.05, 4.69) is 30.6 Å². The van der Waals surface area contributed by atoms with Crippen molar-refractivity contribution in [2.24, 2.45) is 0 Å². The molecule has 8 nitrogen and oxygen atoms in total. The van der Waals surface area contributed by atoms with Crippen molar-refractivity contribution in [3.8, 4) is 0 Å². The Kier molecular flexibility index (Phi) is 5.60. The first-order valence-electron chi connectivity index (χ1n) is 8.35. The lowest BCUT2D eigenvalue weighted by molar-refractivity contribution is 0.234. The fraction of sp³-hybridized carbons (Fsp3) is 0.500. The molecule has 1 aliphatic rings. The summed E-state index contributed by atoms with van der Waals surface area (Å²) in [4.78, 5) is 22.7. The van der Waals surface area contributed by atoms with Crippen molar-refractivity contribution in [3.05, 3.63) is 36.9 Å². The maximum Gasteiger partial charge on any atom is 0.315 e. The summed E-state index contributed by atoms with van der Waals surface area (Å²) in [5.74, 6) is 0.726. The van der Waals surface area contributed by atoms with E-state index in [1.807, 2.05) is 16.9 Å². The maximum atomic E-state index is 12.0. The van der Waals surface area contributed by atoms with Gasteiger partial charge >= 0.3 is 6.03 Å². The average Bonchev–Trinajstić information content (AvgIpc) is 3.13. The lowest BCUT2D eigenvalue weighted by Gasteiger charge is -2.33. The topological polar surface area (TPSA) is 88.0 Å². The summed E-state index contributed by atoms with van der Waals surface area (Å²) >= 11 is 0. The quantitative estimate of drug-likeness (QED) is 0.773. The van der Waals surface area contributed by atoms with Crippen LogP contribution in [0, 0.1) is 0 Å². The van der Waals surface area contributed by atoms with Gasteiger partial charge in [-0.3, -0.25) is 4.68 Å². The van der Waals surface area contributed by atoms with Crippen LogP contribution in [0.4, 0.5) is 10.7 Å². The minimum atomic E-state index is -0.115. The second-order valence-electron chi connectivity index (χ2n) is 5.86. The number of carbonyl (C=O) groups is 1. The highest BCUT2D eigenvalue weighted by atomic mass is 16.2. The van der Waals surface area contributed by atoms with Crippen LogP contribution in [0.2, 0.25) is 0 Å². The number of urea groups is 1. The van der Waals surface area contributed by atoms with Crippen LogP contribution in [0.3, 0.4) is 0 Å². The summed E-state index contributed by atoms with van der Waals surface area (Å²) in [7, 11) is 0. The van der Waals surface area contributed by atoms with Crippen LogP contribution < -0.4 is 15.5 Å². The standard InChI is InChI=1S/C16H23N7O/c24-16(19-8-3-11-23-12-4-9-20-23)21-14-5-1-10-22(13-14)15-17-6-2-7-18-15/h2,4,6-7,9,12,14H,1,3,5,8,10-11,13H2,(H2,19,21,24)/t14-/m0/s1. The van der Waals surface area contributed by atoms with Gasteiger partial charge in [0, 0.05) is 57.0 Å². The van der Waals surface area contributed by atoms with Crippen LogP contribution in [-0.2, 0) is 6.54 Å². The van der Waals surface area contributed by atoms with E-state index in [9.17, 15) is 4.79 Å². The van der Waals surface area contributed by atoms with E-state index in [0.717, 1.165) is 44.8 Å². The van der Waals surface area contributed by atoms with Crippen molar-refractivity contribution in [2.45, 2.75) is 31.8 Å². The molecule has 128 valence electrons. The Hall–Kier alpha value is -2.64. The van der Waals surface area contributed by atoms with Crippen LogP contribution in [0.5, 0.6) is 0 Å². The molecule has 1 aliphatic heterocycles. The van der Waals surface area contributed by atoms with Gasteiger partial charge in [-0.25, -0.2) is 14.8 Å². The molecular formula is C16H23N7O.